The molecule has 0 nitrogen and oxygen atoms in total. The molecule has 0 saturated heterocycles. The second-order valence-corrected chi connectivity index (χ2v) is 10.8. The number of rotatable bonds is 18. The van der Waals surface area contributed by atoms with Gasteiger partial charge in [0.05, 0.1) is 0 Å². The van der Waals surface area contributed by atoms with Crippen molar-refractivity contribution in [1.82, 2.24) is 0 Å². The van der Waals surface area contributed by atoms with E-state index in [2.05, 4.69) is 37.3 Å². The molecule has 0 aliphatic rings. The molecule has 0 heterocycles. The average molecular weight is 458 g/mol. The second-order valence-electron chi connectivity index (χ2n) is 7.46. The van der Waals surface area contributed by atoms with E-state index in [1.807, 2.05) is 0 Å². The number of hydrogen-bond donors (Lipinski definition) is 0. The van der Waals surface area contributed by atoms with Gasteiger partial charge in [-0.25, -0.2) is 0 Å². The van der Waals surface area contributed by atoms with Crippen LogP contribution in [-0.2, 0) is 0 Å². The normalized spacial score (nSPS) is 11.1. The first kappa shape index (κ1) is 23.0. The molecular weight excluding hydrogens is 416 g/mol. The molecule has 0 aromatic heterocycles. The Hall–Kier alpha value is 0.00961. The molecule has 0 amide bonds. The van der Waals surface area contributed by atoms with Crippen molar-refractivity contribution in [3.63, 3.8) is 0 Å². The third-order valence-electron chi connectivity index (χ3n) is 5.01. The maximum absolute atomic E-state index is 2.31. The van der Waals surface area contributed by atoms with Crippen LogP contribution < -0.4 is 3.61 Å². The molecular formula is C24H42Te. The SMILES string of the molecule is CCCCCCCCCCCCCCCCCC[Te]c1ccccc1. The first-order valence-electron chi connectivity index (χ1n) is 11.1. The van der Waals surface area contributed by atoms with Crippen LogP contribution in [-0.4, -0.2) is 20.9 Å². The van der Waals surface area contributed by atoms with Crippen LogP contribution >= 0.6 is 0 Å². The Morgan fingerprint density at radius 3 is 1.36 bits per heavy atom. The zero-order valence-electron chi connectivity index (χ0n) is 16.8. The summed E-state index contributed by atoms with van der Waals surface area (Å²) in [5.74, 6) is 0. The van der Waals surface area contributed by atoms with Gasteiger partial charge in [0.2, 0.25) is 0 Å². The fourth-order valence-corrected chi connectivity index (χ4v) is 6.02. The van der Waals surface area contributed by atoms with Gasteiger partial charge >= 0.3 is 130 Å². The molecule has 0 N–H and O–H groups in total. The van der Waals surface area contributed by atoms with Crippen molar-refractivity contribution in [2.75, 3.05) is 0 Å². The molecule has 1 rings (SSSR count). The third-order valence-corrected chi connectivity index (χ3v) is 8.14. The quantitative estimate of drug-likeness (QED) is 0.156. The van der Waals surface area contributed by atoms with E-state index in [1.54, 1.807) is 3.61 Å². The summed E-state index contributed by atoms with van der Waals surface area (Å²) in [6.45, 7) is 2.30. The molecule has 0 unspecified atom stereocenters. The van der Waals surface area contributed by atoms with Crippen molar-refractivity contribution in [3.05, 3.63) is 30.3 Å². The van der Waals surface area contributed by atoms with Gasteiger partial charge < -0.3 is 0 Å². The monoisotopic (exact) mass is 460 g/mol. The Morgan fingerprint density at radius 1 is 0.520 bits per heavy atom. The number of benzene rings is 1. The summed E-state index contributed by atoms with van der Waals surface area (Å²) in [5, 5.41) is 0. The summed E-state index contributed by atoms with van der Waals surface area (Å²) in [7, 11) is 0. The minimum absolute atomic E-state index is 0.103. The fourth-order valence-electron chi connectivity index (χ4n) is 3.36. The fraction of sp³-hybridized carbons (Fsp3) is 0.750. The van der Waals surface area contributed by atoms with Crippen LogP contribution in [0.25, 0.3) is 0 Å². The van der Waals surface area contributed by atoms with Crippen molar-refractivity contribution in [2.24, 2.45) is 0 Å². The van der Waals surface area contributed by atoms with Gasteiger partial charge in [0.25, 0.3) is 0 Å². The molecule has 0 aliphatic heterocycles. The Kier molecular flexibility index (Phi) is 17.3. The van der Waals surface area contributed by atoms with Gasteiger partial charge in [0, 0.05) is 0 Å². The second kappa shape index (κ2) is 18.8. The van der Waals surface area contributed by atoms with Gasteiger partial charge in [0.1, 0.15) is 0 Å². The van der Waals surface area contributed by atoms with Crippen molar-refractivity contribution >= 4 is 24.5 Å². The third kappa shape index (κ3) is 15.9. The van der Waals surface area contributed by atoms with E-state index in [4.69, 9.17) is 0 Å². The van der Waals surface area contributed by atoms with Crippen LogP contribution in [0.15, 0.2) is 30.3 Å². The van der Waals surface area contributed by atoms with E-state index < -0.39 is 0 Å². The molecule has 0 saturated carbocycles. The first-order chi connectivity index (χ1) is 12.4. The predicted molar refractivity (Wildman–Crippen MR) is 116 cm³/mol. The molecule has 0 aliphatic carbocycles. The van der Waals surface area contributed by atoms with Gasteiger partial charge in [-0.1, -0.05) is 39.0 Å². The van der Waals surface area contributed by atoms with E-state index in [-0.39, 0.29) is 20.9 Å². The zero-order chi connectivity index (χ0) is 17.8. The predicted octanol–water partition coefficient (Wildman–Crippen LogP) is 7.70. The summed E-state index contributed by atoms with van der Waals surface area (Å²) in [6.07, 6.45) is 23.5. The van der Waals surface area contributed by atoms with E-state index in [0.717, 1.165) is 0 Å². The van der Waals surface area contributed by atoms with Gasteiger partial charge in [-0.15, -0.1) is 0 Å². The first-order valence-corrected chi connectivity index (χ1v) is 13.9. The Morgan fingerprint density at radius 2 is 0.920 bits per heavy atom. The van der Waals surface area contributed by atoms with Crippen molar-refractivity contribution in [2.45, 2.75) is 114 Å². The van der Waals surface area contributed by atoms with E-state index >= 15 is 0 Å². The molecule has 0 radical (unpaired) electrons. The van der Waals surface area contributed by atoms with Crippen LogP contribution in [0.4, 0.5) is 0 Å². The van der Waals surface area contributed by atoms with Crippen LogP contribution in [0.1, 0.15) is 110 Å². The Balaban J connectivity index is 1.69. The molecule has 1 aromatic rings. The van der Waals surface area contributed by atoms with Crippen LogP contribution in [0.3, 0.4) is 0 Å². The average Bonchev–Trinajstić information content (AvgIpc) is 2.65. The van der Waals surface area contributed by atoms with Crippen molar-refractivity contribution < 1.29 is 0 Å². The molecule has 0 fully saturated rings. The molecule has 25 heavy (non-hydrogen) atoms. The number of unbranched alkanes of at least 4 members (excludes halogenated alkanes) is 15. The minimum atomic E-state index is 0.103. The summed E-state index contributed by atoms with van der Waals surface area (Å²) >= 11 is 0.103. The molecule has 1 aromatic carbocycles. The van der Waals surface area contributed by atoms with Crippen LogP contribution in [0, 0.1) is 0 Å². The molecule has 1 heteroatoms. The summed E-state index contributed by atoms with van der Waals surface area (Å²) in [5.41, 5.74) is 0. The molecule has 0 bridgehead atoms. The van der Waals surface area contributed by atoms with E-state index in [9.17, 15) is 0 Å². The van der Waals surface area contributed by atoms with Crippen LogP contribution in [0.5, 0.6) is 0 Å². The summed E-state index contributed by atoms with van der Waals surface area (Å²) < 4.78 is 3.13. The van der Waals surface area contributed by atoms with Crippen molar-refractivity contribution in [1.29, 1.82) is 0 Å². The van der Waals surface area contributed by atoms with E-state index in [0.29, 0.717) is 0 Å². The van der Waals surface area contributed by atoms with Crippen LogP contribution in [0.2, 0.25) is 4.47 Å². The zero-order valence-corrected chi connectivity index (χ0v) is 19.1. The van der Waals surface area contributed by atoms with Gasteiger partial charge in [-0.05, 0) is 0 Å². The molecule has 144 valence electrons. The summed E-state index contributed by atoms with van der Waals surface area (Å²) in [6, 6.07) is 11.1. The summed E-state index contributed by atoms with van der Waals surface area (Å²) in [4.78, 5) is 0. The Bertz CT molecular complexity index is 360. The molecule has 0 atom stereocenters. The van der Waals surface area contributed by atoms with E-state index in [1.165, 1.54) is 107 Å². The van der Waals surface area contributed by atoms with Gasteiger partial charge in [0.15, 0.2) is 0 Å². The van der Waals surface area contributed by atoms with Crippen molar-refractivity contribution in [3.8, 4) is 0 Å². The topological polar surface area (TPSA) is 0 Å². The standard InChI is InChI=1S/C24H42Te/c1-2-3-4-5-6-7-8-9-10-11-12-13-14-15-16-20-23-25-24-21-18-17-19-22-24/h17-19,21-22H,2-16,20,23H2,1H3. The van der Waals surface area contributed by atoms with Gasteiger partial charge in [-0.3, -0.25) is 0 Å². The Labute approximate surface area is 168 Å². The van der Waals surface area contributed by atoms with Gasteiger partial charge in [-0.2, -0.15) is 0 Å². The number of hydrogen-bond acceptors (Lipinski definition) is 0. The molecule has 0 spiro atoms. The maximum atomic E-state index is 2.31.